The van der Waals surface area contributed by atoms with Crippen LogP contribution < -0.4 is 5.32 Å². The summed E-state index contributed by atoms with van der Waals surface area (Å²) in [6.07, 6.45) is 4.65. The Morgan fingerprint density at radius 1 is 1.06 bits per heavy atom. The third kappa shape index (κ3) is 5.02. The van der Waals surface area contributed by atoms with Crippen LogP contribution in [0.2, 0.25) is 0 Å². The van der Waals surface area contributed by atoms with Crippen LogP contribution in [0.4, 0.5) is 0 Å². The Bertz CT molecular complexity index is 1200. The molecule has 1 aromatic heterocycles. The summed E-state index contributed by atoms with van der Waals surface area (Å²) in [6, 6.07) is 13.5. The fourth-order valence-corrected chi connectivity index (χ4v) is 6.46. The standard InChI is InChI=1S/C25H30N4O3S/c1-18-15-19(2)24(20(3)16-18)33(31,32)28-13-9-22(10-14-28)25(30)26-17-21-5-7-23(8-6-21)29-12-4-11-27-29/h4-8,11-12,15-16,22H,9-10,13-14,17H2,1-3H3,(H,26,30). The van der Waals surface area contributed by atoms with Crippen LogP contribution in [0.1, 0.15) is 35.1 Å². The molecule has 0 saturated carbocycles. The van der Waals surface area contributed by atoms with Crippen molar-refractivity contribution >= 4 is 15.9 Å². The van der Waals surface area contributed by atoms with Crippen molar-refractivity contribution in [2.24, 2.45) is 5.92 Å². The molecule has 8 heteroatoms. The highest BCUT2D eigenvalue weighted by Gasteiger charge is 2.33. The zero-order valence-electron chi connectivity index (χ0n) is 19.3. The number of carbonyl (C=O) groups excluding carboxylic acids is 1. The molecule has 0 unspecified atom stereocenters. The molecule has 2 heterocycles. The van der Waals surface area contributed by atoms with Gasteiger partial charge in [0.05, 0.1) is 10.6 Å². The lowest BCUT2D eigenvalue weighted by atomic mass is 9.97. The largest absolute Gasteiger partial charge is 0.352 e. The van der Waals surface area contributed by atoms with Crippen LogP contribution in [0.5, 0.6) is 0 Å². The Hall–Kier alpha value is -2.97. The van der Waals surface area contributed by atoms with Crippen molar-refractivity contribution in [1.29, 1.82) is 0 Å². The molecule has 0 atom stereocenters. The number of aromatic nitrogens is 2. The van der Waals surface area contributed by atoms with E-state index in [0.29, 0.717) is 37.4 Å². The maximum absolute atomic E-state index is 13.3. The van der Waals surface area contributed by atoms with Crippen LogP contribution in [0.25, 0.3) is 5.69 Å². The van der Waals surface area contributed by atoms with Gasteiger partial charge >= 0.3 is 0 Å². The molecular formula is C25H30N4O3S. The molecule has 0 spiro atoms. The number of nitrogens with one attached hydrogen (secondary N) is 1. The van der Waals surface area contributed by atoms with Crippen LogP contribution in [-0.2, 0) is 21.4 Å². The topological polar surface area (TPSA) is 84.3 Å². The van der Waals surface area contributed by atoms with E-state index in [1.807, 2.05) is 69.4 Å². The molecule has 4 rings (SSSR count). The number of carbonyl (C=O) groups is 1. The summed E-state index contributed by atoms with van der Waals surface area (Å²) in [6.45, 7) is 6.80. The third-order valence-electron chi connectivity index (χ3n) is 6.20. The number of benzene rings is 2. The lowest BCUT2D eigenvalue weighted by molar-refractivity contribution is -0.126. The average molecular weight is 467 g/mol. The first kappa shape index (κ1) is 23.2. The van der Waals surface area contributed by atoms with Crippen molar-refractivity contribution in [3.05, 3.63) is 77.1 Å². The molecule has 33 heavy (non-hydrogen) atoms. The Balaban J connectivity index is 1.33. The molecule has 1 aliphatic rings. The number of nitrogens with zero attached hydrogens (tertiary/aromatic N) is 3. The number of piperidine rings is 1. The molecule has 1 saturated heterocycles. The summed E-state index contributed by atoms with van der Waals surface area (Å²) < 4.78 is 29.8. The summed E-state index contributed by atoms with van der Waals surface area (Å²) in [7, 11) is -3.57. The minimum Gasteiger partial charge on any atom is -0.352 e. The van der Waals surface area contributed by atoms with Crippen LogP contribution >= 0.6 is 0 Å². The number of hydrogen-bond acceptors (Lipinski definition) is 4. The van der Waals surface area contributed by atoms with Gasteiger partial charge in [-0.15, -0.1) is 0 Å². The van der Waals surface area contributed by atoms with Gasteiger partial charge in [0.25, 0.3) is 0 Å². The third-order valence-corrected chi connectivity index (χ3v) is 8.40. The molecule has 0 aliphatic carbocycles. The van der Waals surface area contributed by atoms with Crippen molar-refractivity contribution < 1.29 is 13.2 Å². The van der Waals surface area contributed by atoms with Crippen molar-refractivity contribution in [2.75, 3.05) is 13.1 Å². The fraction of sp³-hybridized carbons (Fsp3) is 0.360. The van der Waals surface area contributed by atoms with Gasteiger partial charge in [-0.2, -0.15) is 9.40 Å². The first-order valence-corrected chi connectivity index (χ1v) is 12.6. The van der Waals surface area contributed by atoms with E-state index in [4.69, 9.17) is 0 Å². The van der Waals surface area contributed by atoms with Gasteiger partial charge in [0, 0.05) is 37.9 Å². The van der Waals surface area contributed by atoms with Gasteiger partial charge in [-0.1, -0.05) is 29.8 Å². The molecule has 1 amide bonds. The van der Waals surface area contributed by atoms with Crippen molar-refractivity contribution in [2.45, 2.75) is 45.1 Å². The maximum atomic E-state index is 13.3. The second kappa shape index (κ2) is 9.49. The summed E-state index contributed by atoms with van der Waals surface area (Å²) in [5, 5.41) is 7.21. The van der Waals surface area contributed by atoms with E-state index >= 15 is 0 Å². The number of amides is 1. The zero-order valence-corrected chi connectivity index (χ0v) is 20.1. The molecule has 1 fully saturated rings. The van der Waals surface area contributed by atoms with Crippen LogP contribution in [0.15, 0.2) is 59.8 Å². The summed E-state index contributed by atoms with van der Waals surface area (Å²) in [4.78, 5) is 13.1. The lowest BCUT2D eigenvalue weighted by Gasteiger charge is -2.31. The average Bonchev–Trinajstić information content (AvgIpc) is 3.32. The SMILES string of the molecule is Cc1cc(C)c(S(=O)(=O)N2CCC(C(=O)NCc3ccc(-n4cccn4)cc3)CC2)c(C)c1. The minimum atomic E-state index is -3.57. The van der Waals surface area contributed by atoms with Gasteiger partial charge < -0.3 is 5.32 Å². The minimum absolute atomic E-state index is 0.0223. The molecule has 1 aliphatic heterocycles. The lowest BCUT2D eigenvalue weighted by Crippen LogP contribution is -2.43. The molecular weight excluding hydrogens is 436 g/mol. The molecule has 0 bridgehead atoms. The highest BCUT2D eigenvalue weighted by atomic mass is 32.2. The first-order valence-electron chi connectivity index (χ1n) is 11.2. The number of aryl methyl sites for hydroxylation is 3. The second-order valence-corrected chi connectivity index (χ2v) is 10.6. The fourth-order valence-electron chi connectivity index (χ4n) is 4.58. The van der Waals surface area contributed by atoms with Crippen molar-refractivity contribution in [1.82, 2.24) is 19.4 Å². The number of hydrogen-bond donors (Lipinski definition) is 1. The van der Waals surface area contributed by atoms with Gasteiger partial charge in [-0.25, -0.2) is 13.1 Å². The van der Waals surface area contributed by atoms with E-state index in [1.54, 1.807) is 10.9 Å². The normalized spacial score (nSPS) is 15.5. The Kier molecular flexibility index (Phi) is 6.67. The summed E-state index contributed by atoms with van der Waals surface area (Å²) in [5.74, 6) is -0.203. The summed E-state index contributed by atoms with van der Waals surface area (Å²) in [5.41, 5.74) is 4.56. The van der Waals surface area contributed by atoms with Crippen molar-refractivity contribution in [3.8, 4) is 5.69 Å². The Labute approximate surface area is 195 Å². The van der Waals surface area contributed by atoms with Crippen LogP contribution in [-0.4, -0.2) is 41.5 Å². The second-order valence-electron chi connectivity index (χ2n) is 8.74. The first-order chi connectivity index (χ1) is 15.8. The van der Waals surface area contributed by atoms with E-state index in [-0.39, 0.29) is 11.8 Å². The van der Waals surface area contributed by atoms with E-state index in [2.05, 4.69) is 10.4 Å². The van der Waals surface area contributed by atoms with Crippen LogP contribution in [0.3, 0.4) is 0 Å². The smallest absolute Gasteiger partial charge is 0.243 e. The van der Waals surface area contributed by atoms with Gasteiger partial charge in [0.15, 0.2) is 0 Å². The summed E-state index contributed by atoms with van der Waals surface area (Å²) >= 11 is 0. The quantitative estimate of drug-likeness (QED) is 0.603. The van der Waals surface area contributed by atoms with E-state index in [0.717, 1.165) is 27.9 Å². The van der Waals surface area contributed by atoms with E-state index in [9.17, 15) is 13.2 Å². The monoisotopic (exact) mass is 466 g/mol. The van der Waals surface area contributed by atoms with E-state index in [1.165, 1.54) is 4.31 Å². The Morgan fingerprint density at radius 2 is 1.70 bits per heavy atom. The molecule has 0 radical (unpaired) electrons. The number of rotatable bonds is 6. The predicted molar refractivity (Wildman–Crippen MR) is 128 cm³/mol. The number of sulfonamides is 1. The van der Waals surface area contributed by atoms with Crippen LogP contribution in [0, 0.1) is 26.7 Å². The zero-order chi connectivity index (χ0) is 23.6. The van der Waals surface area contributed by atoms with Gasteiger partial charge in [-0.3, -0.25) is 4.79 Å². The van der Waals surface area contributed by atoms with Gasteiger partial charge in [0.1, 0.15) is 0 Å². The van der Waals surface area contributed by atoms with Gasteiger partial charge in [-0.05, 0) is 68.5 Å². The molecule has 174 valence electrons. The maximum Gasteiger partial charge on any atom is 0.243 e. The predicted octanol–water partition coefficient (Wildman–Crippen LogP) is 3.51. The van der Waals surface area contributed by atoms with Gasteiger partial charge in [0.2, 0.25) is 15.9 Å². The highest BCUT2D eigenvalue weighted by molar-refractivity contribution is 7.89. The molecule has 7 nitrogen and oxygen atoms in total. The van der Waals surface area contributed by atoms with E-state index < -0.39 is 10.0 Å². The van der Waals surface area contributed by atoms with Crippen molar-refractivity contribution in [3.63, 3.8) is 0 Å². The highest BCUT2D eigenvalue weighted by Crippen LogP contribution is 2.29. The molecule has 2 aromatic carbocycles. The molecule has 3 aromatic rings. The molecule has 1 N–H and O–H groups in total. The Morgan fingerprint density at radius 3 is 2.27 bits per heavy atom.